The molecule has 0 radical (unpaired) electrons. The van der Waals surface area contributed by atoms with Crippen LogP contribution in [0.5, 0.6) is 5.75 Å². The van der Waals surface area contributed by atoms with Crippen molar-refractivity contribution in [2.75, 3.05) is 7.11 Å². The Morgan fingerprint density at radius 1 is 1.50 bits per heavy atom. The Morgan fingerprint density at radius 3 is 2.50 bits per heavy atom. The van der Waals surface area contributed by atoms with E-state index in [1.54, 1.807) is 31.4 Å². The lowest BCUT2D eigenvalue weighted by atomic mass is 10.2. The minimum atomic E-state index is -0.647. The van der Waals surface area contributed by atoms with Crippen LogP contribution in [-0.4, -0.2) is 12.0 Å². The number of methoxy groups -OCH3 is 1. The van der Waals surface area contributed by atoms with Gasteiger partial charge in [0.25, 0.3) is 0 Å². The van der Waals surface area contributed by atoms with E-state index in [9.17, 15) is 10.1 Å². The van der Waals surface area contributed by atoms with Crippen LogP contribution in [0.25, 0.3) is 6.08 Å². The Morgan fingerprint density at radius 2 is 2.07 bits per heavy atom. The largest absolute Gasteiger partial charge is 0.497 e. The Balaban J connectivity index is 2.88. The number of halogens is 1. The van der Waals surface area contributed by atoms with Gasteiger partial charge in [0.15, 0.2) is 0 Å². The summed E-state index contributed by atoms with van der Waals surface area (Å²) in [7, 11) is 1.55. The second-order valence-corrected chi connectivity index (χ2v) is 2.88. The zero-order valence-corrected chi connectivity index (χ0v) is 8.19. The van der Waals surface area contributed by atoms with E-state index in [0.29, 0.717) is 11.3 Å². The highest BCUT2D eigenvalue weighted by atomic mass is 35.5. The molecule has 0 amide bonds. The van der Waals surface area contributed by atoms with Gasteiger partial charge in [0, 0.05) is 6.08 Å². The Bertz CT molecular complexity index is 359. The molecule has 0 fully saturated rings. The van der Waals surface area contributed by atoms with E-state index >= 15 is 0 Å². The summed E-state index contributed by atoms with van der Waals surface area (Å²) in [6.07, 6.45) is 1.28. The SMILES string of the molecule is COc1ccc(C=C(Cl)[N+](=O)[O-])cc1. The summed E-state index contributed by atoms with van der Waals surface area (Å²) in [6, 6.07) is 6.78. The Labute approximate surface area is 85.9 Å². The highest BCUT2D eigenvalue weighted by molar-refractivity contribution is 6.29. The summed E-state index contributed by atoms with van der Waals surface area (Å²) in [5.41, 5.74) is 0.660. The topological polar surface area (TPSA) is 52.4 Å². The van der Waals surface area contributed by atoms with Crippen LogP contribution in [0, 0.1) is 10.1 Å². The van der Waals surface area contributed by atoms with E-state index in [4.69, 9.17) is 16.3 Å². The average molecular weight is 214 g/mol. The fourth-order valence-electron chi connectivity index (χ4n) is 0.890. The van der Waals surface area contributed by atoms with Crippen molar-refractivity contribution in [3.05, 3.63) is 45.1 Å². The van der Waals surface area contributed by atoms with Crippen LogP contribution in [0.3, 0.4) is 0 Å². The maximum Gasteiger partial charge on any atom is 0.337 e. The van der Waals surface area contributed by atoms with Crippen LogP contribution < -0.4 is 4.74 Å². The molecule has 1 rings (SSSR count). The predicted octanol–water partition coefficient (Wildman–Crippen LogP) is 2.51. The normalized spacial score (nSPS) is 11.1. The number of ether oxygens (including phenoxy) is 1. The molecule has 0 saturated carbocycles. The fraction of sp³-hybridized carbons (Fsp3) is 0.111. The lowest BCUT2D eigenvalue weighted by Crippen LogP contribution is -1.90. The molecular formula is C9H8ClNO3. The van der Waals surface area contributed by atoms with Gasteiger partial charge in [-0.3, -0.25) is 10.1 Å². The molecule has 74 valence electrons. The zero-order chi connectivity index (χ0) is 10.6. The molecule has 0 N–H and O–H groups in total. The van der Waals surface area contributed by atoms with Crippen molar-refractivity contribution < 1.29 is 9.66 Å². The van der Waals surface area contributed by atoms with Crippen molar-refractivity contribution >= 4 is 17.7 Å². The molecule has 0 aliphatic heterocycles. The van der Waals surface area contributed by atoms with Crippen LogP contribution in [0.15, 0.2) is 29.4 Å². The first-order chi connectivity index (χ1) is 6.63. The van der Waals surface area contributed by atoms with Crippen molar-refractivity contribution in [3.63, 3.8) is 0 Å². The lowest BCUT2D eigenvalue weighted by Gasteiger charge is -1.98. The van der Waals surface area contributed by atoms with Gasteiger partial charge < -0.3 is 4.74 Å². The number of nitrogens with zero attached hydrogens (tertiary/aromatic N) is 1. The third-order valence-corrected chi connectivity index (χ3v) is 1.82. The summed E-state index contributed by atoms with van der Waals surface area (Å²) in [4.78, 5) is 9.56. The smallest absolute Gasteiger partial charge is 0.337 e. The molecule has 0 bridgehead atoms. The first-order valence-corrected chi connectivity index (χ1v) is 4.17. The zero-order valence-electron chi connectivity index (χ0n) is 7.44. The number of hydrogen-bond donors (Lipinski definition) is 0. The highest BCUT2D eigenvalue weighted by Crippen LogP contribution is 2.15. The van der Waals surface area contributed by atoms with E-state index in [-0.39, 0.29) is 0 Å². The third-order valence-electron chi connectivity index (χ3n) is 1.58. The second-order valence-electron chi connectivity index (χ2n) is 2.50. The molecule has 0 aromatic heterocycles. The number of rotatable bonds is 3. The minimum Gasteiger partial charge on any atom is -0.497 e. The highest BCUT2D eigenvalue weighted by Gasteiger charge is 2.04. The van der Waals surface area contributed by atoms with Crippen LogP contribution in [-0.2, 0) is 0 Å². The van der Waals surface area contributed by atoms with E-state index in [2.05, 4.69) is 0 Å². The van der Waals surface area contributed by atoms with Gasteiger partial charge in [-0.25, -0.2) is 0 Å². The third kappa shape index (κ3) is 2.74. The summed E-state index contributed by atoms with van der Waals surface area (Å²) >= 11 is 5.35. The molecule has 0 heterocycles. The average Bonchev–Trinajstić information content (AvgIpc) is 2.19. The van der Waals surface area contributed by atoms with Gasteiger partial charge in [0.05, 0.1) is 12.0 Å². The van der Waals surface area contributed by atoms with Crippen LogP contribution >= 0.6 is 11.6 Å². The maximum atomic E-state index is 10.2. The van der Waals surface area contributed by atoms with E-state index in [0.717, 1.165) is 0 Å². The van der Waals surface area contributed by atoms with Gasteiger partial charge in [-0.15, -0.1) is 0 Å². The molecule has 4 nitrogen and oxygen atoms in total. The number of nitro groups is 1. The fourth-order valence-corrected chi connectivity index (χ4v) is 1.02. The molecule has 0 aliphatic rings. The Hall–Kier alpha value is -1.55. The molecule has 0 spiro atoms. The molecule has 5 heteroatoms. The number of benzene rings is 1. The first-order valence-electron chi connectivity index (χ1n) is 3.79. The van der Waals surface area contributed by atoms with Crippen LogP contribution in [0.1, 0.15) is 5.56 Å². The number of hydrogen-bond acceptors (Lipinski definition) is 3. The van der Waals surface area contributed by atoms with Gasteiger partial charge in [0.1, 0.15) is 5.75 Å². The summed E-state index contributed by atoms with van der Waals surface area (Å²) in [5.74, 6) is 0.694. The van der Waals surface area contributed by atoms with Crippen LogP contribution in [0.4, 0.5) is 0 Å². The molecule has 0 atom stereocenters. The molecule has 0 unspecified atom stereocenters. The first kappa shape index (κ1) is 10.5. The lowest BCUT2D eigenvalue weighted by molar-refractivity contribution is -0.410. The molecule has 1 aromatic carbocycles. The summed E-state index contributed by atoms with van der Waals surface area (Å²) in [6.45, 7) is 0. The molecule has 0 aliphatic carbocycles. The molecule has 0 saturated heterocycles. The second kappa shape index (κ2) is 4.62. The van der Waals surface area contributed by atoms with Gasteiger partial charge in [-0.1, -0.05) is 12.1 Å². The standard InChI is InChI=1S/C9H8ClNO3/c1-14-8-4-2-7(3-5-8)6-9(10)11(12)13/h2-6H,1H3. The van der Waals surface area contributed by atoms with Crippen molar-refractivity contribution in [3.8, 4) is 5.75 Å². The van der Waals surface area contributed by atoms with Gasteiger partial charge >= 0.3 is 5.16 Å². The van der Waals surface area contributed by atoms with E-state index < -0.39 is 10.1 Å². The van der Waals surface area contributed by atoms with Gasteiger partial charge in [0.2, 0.25) is 0 Å². The van der Waals surface area contributed by atoms with Crippen LogP contribution in [0.2, 0.25) is 0 Å². The van der Waals surface area contributed by atoms with Gasteiger partial charge in [-0.05, 0) is 29.3 Å². The quantitative estimate of drug-likeness (QED) is 0.440. The van der Waals surface area contributed by atoms with Crippen molar-refractivity contribution in [2.45, 2.75) is 0 Å². The molecule has 14 heavy (non-hydrogen) atoms. The molecule has 1 aromatic rings. The Kier molecular flexibility index (Phi) is 3.48. The van der Waals surface area contributed by atoms with Crippen molar-refractivity contribution in [2.24, 2.45) is 0 Å². The van der Waals surface area contributed by atoms with Gasteiger partial charge in [-0.2, -0.15) is 0 Å². The van der Waals surface area contributed by atoms with Crippen molar-refractivity contribution in [1.82, 2.24) is 0 Å². The molecular weight excluding hydrogens is 206 g/mol. The predicted molar refractivity (Wildman–Crippen MR) is 53.8 cm³/mol. The van der Waals surface area contributed by atoms with E-state index in [1.165, 1.54) is 6.08 Å². The van der Waals surface area contributed by atoms with E-state index in [1.807, 2.05) is 0 Å². The summed E-state index contributed by atoms with van der Waals surface area (Å²) in [5, 5.41) is 9.80. The maximum absolute atomic E-state index is 10.2. The summed E-state index contributed by atoms with van der Waals surface area (Å²) < 4.78 is 4.93. The van der Waals surface area contributed by atoms with Crippen molar-refractivity contribution in [1.29, 1.82) is 0 Å². The minimum absolute atomic E-state index is 0.407. The monoisotopic (exact) mass is 213 g/mol.